The average molecular weight is 521 g/mol. The average Bonchev–Trinajstić information content (AvgIpc) is 3.70. The minimum atomic E-state index is -0.178. The lowest BCUT2D eigenvalue weighted by molar-refractivity contribution is -0.109. The second-order valence-corrected chi connectivity index (χ2v) is 9.04. The number of para-hydroxylation sites is 1. The standard InChI is InChI=1S/C11H14N4.C9H8N2OS.C6H5F.C2H6/c1-9-8-12-10-4-5-11(13-15(9)10)14-6-2-3-7-14;12-6-10-5-9-11-7-3-1-2-4-8(7)13-9;7-6-4-2-1-3-5-6;1-2/h4-5,8H,2-3,6-7H2,1H3;1-4,6H,5H2,(H,10,12);1-5H;1-2H3. The summed E-state index contributed by atoms with van der Waals surface area (Å²) in [7, 11) is 0. The first kappa shape index (κ1) is 27.7. The predicted molar refractivity (Wildman–Crippen MR) is 149 cm³/mol. The third kappa shape index (κ3) is 8.08. The molecule has 0 spiro atoms. The van der Waals surface area contributed by atoms with Crippen molar-refractivity contribution in [3.63, 3.8) is 0 Å². The molecule has 1 aliphatic heterocycles. The molecular formula is C28H33FN6OS. The number of nitrogens with zero attached hydrogens (tertiary/aromatic N) is 5. The number of rotatable bonds is 4. The first-order valence-electron chi connectivity index (χ1n) is 12.4. The summed E-state index contributed by atoms with van der Waals surface area (Å²) in [4.78, 5) is 21.0. The zero-order valence-corrected chi connectivity index (χ0v) is 22.3. The fraction of sp³-hybridized carbons (Fsp3) is 0.286. The molecule has 0 unspecified atom stereocenters. The molecule has 0 atom stereocenters. The van der Waals surface area contributed by atoms with E-state index in [1.165, 1.54) is 25.0 Å². The third-order valence-corrected chi connectivity index (χ3v) is 6.39. The number of aryl methyl sites for hydroxylation is 1. The predicted octanol–water partition coefficient (Wildman–Crippen LogP) is 6.03. The van der Waals surface area contributed by atoms with Crippen LogP contribution in [0.4, 0.5) is 10.2 Å². The number of amides is 1. The molecule has 9 heteroatoms. The number of anilines is 1. The number of hydrogen-bond donors (Lipinski definition) is 1. The second kappa shape index (κ2) is 14.6. The van der Waals surface area contributed by atoms with Crippen LogP contribution in [-0.4, -0.2) is 39.1 Å². The monoisotopic (exact) mass is 520 g/mol. The van der Waals surface area contributed by atoms with E-state index >= 15 is 0 Å². The van der Waals surface area contributed by atoms with Crippen LogP contribution >= 0.6 is 11.3 Å². The van der Waals surface area contributed by atoms with Crippen LogP contribution in [-0.2, 0) is 11.3 Å². The summed E-state index contributed by atoms with van der Waals surface area (Å²) in [5, 5.41) is 8.13. The van der Waals surface area contributed by atoms with Gasteiger partial charge in [-0.3, -0.25) is 4.79 Å². The summed E-state index contributed by atoms with van der Waals surface area (Å²) < 4.78 is 15.0. The van der Waals surface area contributed by atoms with Gasteiger partial charge in [-0.15, -0.1) is 16.4 Å². The summed E-state index contributed by atoms with van der Waals surface area (Å²) in [5.74, 6) is 0.892. The molecule has 7 nitrogen and oxygen atoms in total. The van der Waals surface area contributed by atoms with Gasteiger partial charge < -0.3 is 10.2 Å². The number of imidazole rings is 1. The van der Waals surface area contributed by atoms with Gasteiger partial charge in [-0.2, -0.15) is 0 Å². The molecule has 3 aromatic heterocycles. The van der Waals surface area contributed by atoms with Crippen molar-refractivity contribution >= 4 is 39.4 Å². The lowest BCUT2D eigenvalue weighted by atomic mass is 10.3. The van der Waals surface area contributed by atoms with Crippen molar-refractivity contribution in [1.82, 2.24) is 24.9 Å². The highest BCUT2D eigenvalue weighted by Gasteiger charge is 2.14. The molecule has 1 amide bonds. The molecule has 0 aliphatic carbocycles. The minimum Gasteiger partial charge on any atom is -0.355 e. The van der Waals surface area contributed by atoms with Crippen molar-refractivity contribution in [2.45, 2.75) is 40.2 Å². The van der Waals surface area contributed by atoms with Crippen molar-refractivity contribution in [3.05, 3.63) is 89.4 Å². The van der Waals surface area contributed by atoms with Crippen LogP contribution in [0.2, 0.25) is 0 Å². The van der Waals surface area contributed by atoms with Crippen molar-refractivity contribution in [1.29, 1.82) is 0 Å². The first-order valence-corrected chi connectivity index (χ1v) is 13.2. The summed E-state index contributed by atoms with van der Waals surface area (Å²) in [6.07, 6.45) is 5.10. The molecule has 1 saturated heterocycles. The van der Waals surface area contributed by atoms with E-state index < -0.39 is 0 Å². The maximum atomic E-state index is 11.9. The largest absolute Gasteiger partial charge is 0.355 e. The molecule has 1 N–H and O–H groups in total. The van der Waals surface area contributed by atoms with Gasteiger partial charge in [0.15, 0.2) is 5.65 Å². The maximum Gasteiger partial charge on any atom is 0.207 e. The van der Waals surface area contributed by atoms with Gasteiger partial charge in [0.1, 0.15) is 16.6 Å². The number of fused-ring (bicyclic) bond motifs is 2. The van der Waals surface area contributed by atoms with Gasteiger partial charge >= 0.3 is 0 Å². The van der Waals surface area contributed by atoms with Crippen LogP contribution in [0.15, 0.2) is 72.9 Å². The van der Waals surface area contributed by atoms with Crippen LogP contribution in [0.5, 0.6) is 0 Å². The second-order valence-electron chi connectivity index (χ2n) is 7.92. The van der Waals surface area contributed by atoms with Gasteiger partial charge in [0.2, 0.25) is 6.41 Å². The van der Waals surface area contributed by atoms with Gasteiger partial charge in [-0.1, -0.05) is 44.2 Å². The molecule has 0 radical (unpaired) electrons. The zero-order valence-electron chi connectivity index (χ0n) is 21.5. The SMILES string of the molecule is CC.Cc1cnc2ccc(N3CCCC3)nn12.Fc1ccccc1.O=CNCc1nc2ccccc2s1. The smallest absolute Gasteiger partial charge is 0.207 e. The van der Waals surface area contributed by atoms with E-state index in [2.05, 4.69) is 31.3 Å². The number of nitrogens with one attached hydrogen (secondary N) is 1. The number of carbonyl (C=O) groups excluding carboxylic acids is 1. The molecule has 1 fully saturated rings. The van der Waals surface area contributed by atoms with Gasteiger partial charge in [-0.05, 0) is 56.2 Å². The van der Waals surface area contributed by atoms with Gasteiger partial charge in [-0.25, -0.2) is 18.9 Å². The third-order valence-electron chi connectivity index (χ3n) is 5.36. The Morgan fingerprint density at radius 1 is 1.00 bits per heavy atom. The number of thiazole rings is 1. The molecular weight excluding hydrogens is 487 g/mol. The molecule has 1 aliphatic rings. The van der Waals surface area contributed by atoms with E-state index in [1.54, 1.807) is 29.5 Å². The van der Waals surface area contributed by atoms with Crippen LogP contribution in [0.1, 0.15) is 37.4 Å². The Morgan fingerprint density at radius 3 is 2.35 bits per heavy atom. The number of carbonyl (C=O) groups is 1. The van der Waals surface area contributed by atoms with E-state index in [-0.39, 0.29) is 5.82 Å². The number of benzene rings is 2. The summed E-state index contributed by atoms with van der Waals surface area (Å²) in [5.41, 5.74) is 3.01. The Labute approximate surface area is 221 Å². The molecule has 0 bridgehead atoms. The number of hydrogen-bond acceptors (Lipinski definition) is 6. The Hall–Kier alpha value is -3.85. The normalized spacial score (nSPS) is 12.1. The summed E-state index contributed by atoms with van der Waals surface area (Å²) >= 11 is 1.60. The van der Waals surface area contributed by atoms with Crippen molar-refractivity contribution in [2.24, 2.45) is 0 Å². The molecule has 2 aromatic carbocycles. The highest BCUT2D eigenvalue weighted by Crippen LogP contribution is 2.21. The van der Waals surface area contributed by atoms with E-state index in [4.69, 9.17) is 0 Å². The van der Waals surface area contributed by atoms with Gasteiger partial charge in [0, 0.05) is 13.1 Å². The zero-order chi connectivity index (χ0) is 26.5. The van der Waals surface area contributed by atoms with Gasteiger partial charge in [0.05, 0.1) is 28.7 Å². The Kier molecular flexibility index (Phi) is 11.0. The lowest BCUT2D eigenvalue weighted by Gasteiger charge is -2.15. The van der Waals surface area contributed by atoms with E-state index in [0.29, 0.717) is 13.0 Å². The Morgan fingerprint density at radius 2 is 1.70 bits per heavy atom. The van der Waals surface area contributed by atoms with E-state index in [0.717, 1.165) is 45.5 Å². The molecule has 194 valence electrons. The fourth-order valence-electron chi connectivity index (χ4n) is 3.63. The summed E-state index contributed by atoms with van der Waals surface area (Å²) in [6, 6.07) is 20.0. The van der Waals surface area contributed by atoms with Crippen LogP contribution in [0.25, 0.3) is 15.9 Å². The highest BCUT2D eigenvalue weighted by molar-refractivity contribution is 7.18. The van der Waals surface area contributed by atoms with Crippen molar-refractivity contribution < 1.29 is 9.18 Å². The molecule has 6 rings (SSSR count). The van der Waals surface area contributed by atoms with Crippen LogP contribution in [0, 0.1) is 12.7 Å². The quantitative estimate of drug-likeness (QED) is 0.293. The van der Waals surface area contributed by atoms with E-state index in [9.17, 15) is 9.18 Å². The number of aromatic nitrogens is 4. The molecule has 4 heterocycles. The number of halogens is 1. The maximum absolute atomic E-state index is 11.9. The first-order chi connectivity index (χ1) is 18.1. The Bertz CT molecular complexity index is 1330. The minimum absolute atomic E-state index is 0.178. The molecule has 5 aromatic rings. The van der Waals surface area contributed by atoms with Crippen molar-refractivity contribution in [2.75, 3.05) is 18.0 Å². The highest BCUT2D eigenvalue weighted by atomic mass is 32.1. The van der Waals surface area contributed by atoms with Crippen LogP contribution < -0.4 is 10.2 Å². The molecule has 0 saturated carbocycles. The lowest BCUT2D eigenvalue weighted by Crippen LogP contribution is -2.19. The summed E-state index contributed by atoms with van der Waals surface area (Å²) in [6.45, 7) is 8.81. The Balaban J connectivity index is 0.000000158. The fourth-order valence-corrected chi connectivity index (χ4v) is 4.55. The van der Waals surface area contributed by atoms with Gasteiger partial charge in [0.25, 0.3) is 0 Å². The molecule has 37 heavy (non-hydrogen) atoms. The van der Waals surface area contributed by atoms with Crippen LogP contribution in [0.3, 0.4) is 0 Å². The van der Waals surface area contributed by atoms with E-state index in [1.807, 2.05) is 61.8 Å². The van der Waals surface area contributed by atoms with Crippen molar-refractivity contribution in [3.8, 4) is 0 Å². The topological polar surface area (TPSA) is 75.4 Å².